The molecule has 4 nitrogen and oxygen atoms in total. The quantitative estimate of drug-likeness (QED) is 0.652. The number of esters is 1. The molecule has 1 N–H and O–H groups in total. The van der Waals surface area contributed by atoms with Crippen LogP contribution in [0.4, 0.5) is 0 Å². The van der Waals surface area contributed by atoms with E-state index in [9.17, 15) is 9.90 Å². The van der Waals surface area contributed by atoms with Crippen LogP contribution in [0.25, 0.3) is 0 Å². The van der Waals surface area contributed by atoms with Crippen LogP contribution in [0, 0.1) is 6.92 Å². The van der Waals surface area contributed by atoms with Crippen molar-refractivity contribution in [3.63, 3.8) is 0 Å². The summed E-state index contributed by atoms with van der Waals surface area (Å²) >= 11 is 1.70. The van der Waals surface area contributed by atoms with Gasteiger partial charge >= 0.3 is 5.97 Å². The highest BCUT2D eigenvalue weighted by atomic mass is 32.2. The normalized spacial score (nSPS) is 10.3. The largest absolute Gasteiger partial charge is 0.508 e. The van der Waals surface area contributed by atoms with Crippen molar-refractivity contribution in [1.29, 1.82) is 0 Å². The second kappa shape index (κ2) is 7.75. The van der Waals surface area contributed by atoms with Crippen LogP contribution in [-0.2, 0) is 15.3 Å². The van der Waals surface area contributed by atoms with Gasteiger partial charge in [0.25, 0.3) is 0 Å². The molecule has 22 heavy (non-hydrogen) atoms. The predicted octanol–water partition coefficient (Wildman–Crippen LogP) is 3.54. The zero-order valence-corrected chi connectivity index (χ0v) is 13.4. The molecule has 0 saturated heterocycles. The van der Waals surface area contributed by atoms with Crippen molar-refractivity contribution >= 4 is 17.7 Å². The molecule has 0 saturated carbocycles. The van der Waals surface area contributed by atoms with Gasteiger partial charge in [0.15, 0.2) is 6.61 Å². The third-order valence-corrected chi connectivity index (χ3v) is 4.13. The maximum Gasteiger partial charge on any atom is 0.343 e. The standard InChI is InChI=1S/C17H18O4S/c1-12-9-15(7-8-16(12)21-10-17(19)20-2)22-11-13-3-5-14(18)6-4-13/h3-9,18H,10-11H2,1-2H3. The third kappa shape index (κ3) is 4.70. The van der Waals surface area contributed by atoms with Crippen LogP contribution >= 0.6 is 11.8 Å². The molecule has 5 heteroatoms. The molecule has 0 bridgehead atoms. The average Bonchev–Trinajstić information content (AvgIpc) is 2.53. The number of phenols is 1. The number of phenolic OH excluding ortho intramolecular Hbond substituents is 1. The van der Waals surface area contributed by atoms with Crippen LogP contribution in [0.15, 0.2) is 47.4 Å². The van der Waals surface area contributed by atoms with Gasteiger partial charge in [-0.1, -0.05) is 12.1 Å². The number of carbonyl (C=O) groups is 1. The van der Waals surface area contributed by atoms with Crippen molar-refractivity contribution in [3.05, 3.63) is 53.6 Å². The SMILES string of the molecule is COC(=O)COc1ccc(SCc2ccc(O)cc2)cc1C. The van der Waals surface area contributed by atoms with Crippen molar-refractivity contribution in [1.82, 2.24) is 0 Å². The topological polar surface area (TPSA) is 55.8 Å². The molecule has 0 fully saturated rings. The number of aryl methyl sites for hydroxylation is 1. The van der Waals surface area contributed by atoms with E-state index < -0.39 is 5.97 Å². The van der Waals surface area contributed by atoms with Gasteiger partial charge in [-0.25, -0.2) is 4.79 Å². The van der Waals surface area contributed by atoms with E-state index in [0.29, 0.717) is 5.75 Å². The summed E-state index contributed by atoms with van der Waals surface area (Å²) in [7, 11) is 1.33. The second-order valence-electron chi connectivity index (χ2n) is 4.75. The number of carbonyl (C=O) groups excluding carboxylic acids is 1. The monoisotopic (exact) mass is 318 g/mol. The molecular formula is C17H18O4S. The Balaban J connectivity index is 1.94. The Labute approximate surface area is 134 Å². The van der Waals surface area contributed by atoms with Crippen LogP contribution < -0.4 is 4.74 Å². The zero-order chi connectivity index (χ0) is 15.9. The molecular weight excluding hydrogens is 300 g/mol. The molecule has 0 spiro atoms. The summed E-state index contributed by atoms with van der Waals surface area (Å²) in [5, 5.41) is 9.26. The Morgan fingerprint density at radius 3 is 2.55 bits per heavy atom. The average molecular weight is 318 g/mol. The molecule has 0 radical (unpaired) electrons. The van der Waals surface area contributed by atoms with Crippen LogP contribution in [0.2, 0.25) is 0 Å². The van der Waals surface area contributed by atoms with E-state index in [4.69, 9.17) is 4.74 Å². The fraction of sp³-hybridized carbons (Fsp3) is 0.235. The second-order valence-corrected chi connectivity index (χ2v) is 5.80. The van der Waals surface area contributed by atoms with Gasteiger partial charge in [-0.3, -0.25) is 0 Å². The first-order valence-corrected chi connectivity index (χ1v) is 7.78. The molecule has 116 valence electrons. The highest BCUT2D eigenvalue weighted by Crippen LogP contribution is 2.28. The molecule has 2 rings (SSSR count). The zero-order valence-electron chi connectivity index (χ0n) is 12.5. The first-order chi connectivity index (χ1) is 10.6. The van der Waals surface area contributed by atoms with Gasteiger partial charge in [-0.2, -0.15) is 0 Å². The summed E-state index contributed by atoms with van der Waals surface area (Å²) in [6.45, 7) is 1.86. The number of ether oxygens (including phenoxy) is 2. The maximum atomic E-state index is 11.1. The molecule has 0 aromatic heterocycles. The minimum absolute atomic E-state index is 0.0860. The Morgan fingerprint density at radius 1 is 1.18 bits per heavy atom. The van der Waals surface area contributed by atoms with Crippen molar-refractivity contribution < 1.29 is 19.4 Å². The van der Waals surface area contributed by atoms with E-state index in [2.05, 4.69) is 4.74 Å². The van der Waals surface area contributed by atoms with Crippen LogP contribution in [-0.4, -0.2) is 24.8 Å². The minimum atomic E-state index is -0.398. The fourth-order valence-corrected chi connectivity index (χ4v) is 2.78. The molecule has 2 aromatic carbocycles. The lowest BCUT2D eigenvalue weighted by Crippen LogP contribution is -2.12. The van der Waals surface area contributed by atoms with Crippen LogP contribution in [0.3, 0.4) is 0 Å². The van der Waals surface area contributed by atoms with E-state index in [-0.39, 0.29) is 12.4 Å². The summed E-state index contributed by atoms with van der Waals surface area (Å²) in [5.41, 5.74) is 2.12. The number of rotatable bonds is 6. The Morgan fingerprint density at radius 2 is 1.91 bits per heavy atom. The fourth-order valence-electron chi connectivity index (χ4n) is 1.83. The summed E-state index contributed by atoms with van der Waals surface area (Å²) in [4.78, 5) is 12.2. The first-order valence-electron chi connectivity index (χ1n) is 6.79. The summed E-state index contributed by atoms with van der Waals surface area (Å²) in [5.74, 6) is 1.38. The molecule has 0 aliphatic rings. The van der Waals surface area contributed by atoms with Gasteiger partial charge < -0.3 is 14.6 Å². The van der Waals surface area contributed by atoms with Crippen molar-refractivity contribution in [3.8, 4) is 11.5 Å². The van der Waals surface area contributed by atoms with Crippen molar-refractivity contribution in [2.75, 3.05) is 13.7 Å². The predicted molar refractivity (Wildman–Crippen MR) is 86.4 cm³/mol. The van der Waals surface area contributed by atoms with E-state index in [1.807, 2.05) is 37.3 Å². The van der Waals surface area contributed by atoms with Gasteiger partial charge in [0, 0.05) is 10.6 Å². The lowest BCUT2D eigenvalue weighted by molar-refractivity contribution is -0.142. The lowest BCUT2D eigenvalue weighted by atomic mass is 10.2. The van der Waals surface area contributed by atoms with E-state index in [1.165, 1.54) is 7.11 Å². The number of methoxy groups -OCH3 is 1. The molecule has 0 atom stereocenters. The third-order valence-electron chi connectivity index (χ3n) is 3.06. The number of benzene rings is 2. The number of hydrogen-bond donors (Lipinski definition) is 1. The van der Waals surface area contributed by atoms with Gasteiger partial charge in [-0.05, 0) is 48.4 Å². The number of hydrogen-bond acceptors (Lipinski definition) is 5. The minimum Gasteiger partial charge on any atom is -0.508 e. The Hall–Kier alpha value is -2.14. The molecule has 0 heterocycles. The number of aromatic hydroxyl groups is 1. The van der Waals surface area contributed by atoms with E-state index in [0.717, 1.165) is 21.8 Å². The Bertz CT molecular complexity index is 638. The van der Waals surface area contributed by atoms with E-state index >= 15 is 0 Å². The van der Waals surface area contributed by atoms with Gasteiger partial charge in [0.1, 0.15) is 11.5 Å². The van der Waals surface area contributed by atoms with Crippen molar-refractivity contribution in [2.24, 2.45) is 0 Å². The summed E-state index contributed by atoms with van der Waals surface area (Å²) in [6.07, 6.45) is 0. The van der Waals surface area contributed by atoms with Crippen LogP contribution in [0.1, 0.15) is 11.1 Å². The van der Waals surface area contributed by atoms with Gasteiger partial charge in [-0.15, -0.1) is 11.8 Å². The Kier molecular flexibility index (Phi) is 5.72. The molecule has 2 aromatic rings. The first kappa shape index (κ1) is 16.2. The van der Waals surface area contributed by atoms with Gasteiger partial charge in [0.05, 0.1) is 7.11 Å². The van der Waals surface area contributed by atoms with Gasteiger partial charge in [0.2, 0.25) is 0 Å². The summed E-state index contributed by atoms with van der Waals surface area (Å²) in [6, 6.07) is 13.0. The molecule has 0 unspecified atom stereocenters. The van der Waals surface area contributed by atoms with E-state index in [1.54, 1.807) is 23.9 Å². The smallest absolute Gasteiger partial charge is 0.343 e. The summed E-state index contributed by atoms with van der Waals surface area (Å²) < 4.78 is 9.95. The van der Waals surface area contributed by atoms with Crippen molar-refractivity contribution in [2.45, 2.75) is 17.6 Å². The highest BCUT2D eigenvalue weighted by Gasteiger charge is 2.06. The number of thioether (sulfide) groups is 1. The van der Waals surface area contributed by atoms with Crippen LogP contribution in [0.5, 0.6) is 11.5 Å². The maximum absolute atomic E-state index is 11.1. The highest BCUT2D eigenvalue weighted by molar-refractivity contribution is 7.98. The molecule has 0 aliphatic heterocycles. The lowest BCUT2D eigenvalue weighted by Gasteiger charge is -2.10. The molecule has 0 amide bonds. The molecule has 0 aliphatic carbocycles.